The Morgan fingerprint density at radius 2 is 1.96 bits per heavy atom. The lowest BCUT2D eigenvalue weighted by molar-refractivity contribution is -0.0370. The van der Waals surface area contributed by atoms with Gasteiger partial charge in [-0.3, -0.25) is 0 Å². The van der Waals surface area contributed by atoms with Crippen molar-refractivity contribution in [2.75, 3.05) is 24.7 Å². The zero-order valence-corrected chi connectivity index (χ0v) is 15.7. The van der Waals surface area contributed by atoms with Crippen LogP contribution in [0.5, 0.6) is 0 Å². The monoisotopic (exact) mass is 440 g/mol. The summed E-state index contributed by atoms with van der Waals surface area (Å²) in [5, 5.41) is 5.72. The normalized spacial score (nSPS) is 30.2. The molecule has 0 aliphatic carbocycles. The molecule has 128 valence electrons. The fourth-order valence-corrected chi connectivity index (χ4v) is 4.89. The summed E-state index contributed by atoms with van der Waals surface area (Å²) in [6.07, 6.45) is 7.70. The number of morpholine rings is 1. The van der Waals surface area contributed by atoms with Crippen molar-refractivity contribution < 1.29 is 9.47 Å². The average molecular weight is 440 g/mol. The van der Waals surface area contributed by atoms with Crippen molar-refractivity contribution in [1.29, 1.82) is 0 Å². The molecule has 0 saturated carbocycles. The maximum absolute atomic E-state index is 5.93. The molecule has 2 bridgehead atoms. The number of anilines is 1. The van der Waals surface area contributed by atoms with Crippen LogP contribution >= 0.6 is 22.6 Å². The quantitative estimate of drug-likeness (QED) is 0.672. The van der Waals surface area contributed by atoms with Gasteiger partial charge in [-0.15, -0.1) is 0 Å². The number of ether oxygens (including phenoxy) is 2. The van der Waals surface area contributed by atoms with Crippen LogP contribution in [-0.2, 0) is 9.47 Å². The molecule has 0 aromatic carbocycles. The first-order valence-corrected chi connectivity index (χ1v) is 9.90. The van der Waals surface area contributed by atoms with E-state index in [0.717, 1.165) is 49.5 Å². The second kappa shape index (κ2) is 6.10. The number of hydrogen-bond donors (Lipinski definition) is 0. The smallest absolute Gasteiger partial charge is 0.163 e. The lowest BCUT2D eigenvalue weighted by atomic mass is 10.2. The van der Waals surface area contributed by atoms with E-state index >= 15 is 0 Å². The number of hydrogen-bond acceptors (Lipinski definition) is 5. The SMILES string of the molecule is Ic1cc(N2C3CCC2COC3)nc2c1cnn2C1CCCCO1. The van der Waals surface area contributed by atoms with Crippen molar-refractivity contribution in [3.8, 4) is 0 Å². The minimum atomic E-state index is 0.0243. The summed E-state index contributed by atoms with van der Waals surface area (Å²) in [7, 11) is 0. The average Bonchev–Trinajstić information content (AvgIpc) is 3.14. The van der Waals surface area contributed by atoms with Gasteiger partial charge in [0.25, 0.3) is 0 Å². The van der Waals surface area contributed by atoms with Crippen LogP contribution in [0.1, 0.15) is 38.3 Å². The van der Waals surface area contributed by atoms with Gasteiger partial charge in [-0.1, -0.05) is 0 Å². The molecule has 3 aliphatic heterocycles. The molecule has 0 N–H and O–H groups in total. The molecule has 6 nitrogen and oxygen atoms in total. The van der Waals surface area contributed by atoms with Gasteiger partial charge in [-0.05, 0) is 60.8 Å². The number of fused-ring (bicyclic) bond motifs is 3. The zero-order chi connectivity index (χ0) is 16.1. The molecule has 0 radical (unpaired) electrons. The van der Waals surface area contributed by atoms with Crippen molar-refractivity contribution in [3.63, 3.8) is 0 Å². The molecule has 3 saturated heterocycles. The van der Waals surface area contributed by atoms with Gasteiger partial charge in [0.05, 0.1) is 36.9 Å². The molecule has 3 unspecified atom stereocenters. The molecular formula is C17H21IN4O2. The Kier molecular flexibility index (Phi) is 3.90. The topological polar surface area (TPSA) is 52.4 Å². The van der Waals surface area contributed by atoms with E-state index in [0.29, 0.717) is 12.1 Å². The fourth-order valence-electron chi connectivity index (χ4n) is 4.23. The molecule has 7 heteroatoms. The Hall–Kier alpha value is -0.930. The summed E-state index contributed by atoms with van der Waals surface area (Å²) >= 11 is 2.41. The summed E-state index contributed by atoms with van der Waals surface area (Å²) in [6.45, 7) is 2.45. The second-order valence-corrected chi connectivity index (χ2v) is 8.10. The minimum Gasteiger partial charge on any atom is -0.377 e. The lowest BCUT2D eigenvalue weighted by Gasteiger charge is -2.35. The molecule has 0 spiro atoms. The first-order chi connectivity index (χ1) is 11.8. The maximum Gasteiger partial charge on any atom is 0.163 e. The van der Waals surface area contributed by atoms with Crippen LogP contribution in [0.15, 0.2) is 12.3 Å². The maximum atomic E-state index is 5.93. The molecule has 2 aromatic rings. The highest BCUT2D eigenvalue weighted by Crippen LogP contribution is 2.36. The van der Waals surface area contributed by atoms with Crippen molar-refractivity contribution in [2.24, 2.45) is 0 Å². The van der Waals surface area contributed by atoms with E-state index in [1.807, 2.05) is 10.9 Å². The Morgan fingerprint density at radius 1 is 1.12 bits per heavy atom. The van der Waals surface area contributed by atoms with E-state index in [2.05, 4.69) is 38.7 Å². The number of nitrogens with zero attached hydrogens (tertiary/aromatic N) is 4. The van der Waals surface area contributed by atoms with Crippen molar-refractivity contribution in [2.45, 2.75) is 50.4 Å². The van der Waals surface area contributed by atoms with Crippen LogP contribution in [0.3, 0.4) is 0 Å². The summed E-state index contributed by atoms with van der Waals surface area (Å²) in [5.74, 6) is 1.07. The molecule has 0 amide bonds. The van der Waals surface area contributed by atoms with E-state index < -0.39 is 0 Å². The predicted molar refractivity (Wildman–Crippen MR) is 99.2 cm³/mol. The lowest BCUT2D eigenvalue weighted by Crippen LogP contribution is -2.46. The molecule has 5 heterocycles. The van der Waals surface area contributed by atoms with Crippen LogP contribution in [-0.4, -0.2) is 46.7 Å². The highest BCUT2D eigenvalue weighted by atomic mass is 127. The summed E-state index contributed by atoms with van der Waals surface area (Å²) in [6, 6.07) is 3.13. The second-order valence-electron chi connectivity index (χ2n) is 6.94. The number of pyridine rings is 1. The summed E-state index contributed by atoms with van der Waals surface area (Å²) in [4.78, 5) is 7.50. The van der Waals surface area contributed by atoms with Crippen molar-refractivity contribution >= 4 is 39.4 Å². The third-order valence-electron chi connectivity index (χ3n) is 5.44. The molecule has 3 aliphatic rings. The number of rotatable bonds is 2. The zero-order valence-electron chi connectivity index (χ0n) is 13.5. The van der Waals surface area contributed by atoms with E-state index in [1.165, 1.54) is 22.8 Å². The third-order valence-corrected chi connectivity index (χ3v) is 6.33. The van der Waals surface area contributed by atoms with Crippen LogP contribution < -0.4 is 4.90 Å². The number of aromatic nitrogens is 3. The fraction of sp³-hybridized carbons (Fsp3) is 0.647. The van der Waals surface area contributed by atoms with E-state index in [-0.39, 0.29) is 6.23 Å². The highest BCUT2D eigenvalue weighted by molar-refractivity contribution is 14.1. The summed E-state index contributed by atoms with van der Waals surface area (Å²) < 4.78 is 14.9. The Morgan fingerprint density at radius 3 is 2.71 bits per heavy atom. The van der Waals surface area contributed by atoms with Crippen LogP contribution in [0.2, 0.25) is 0 Å². The number of halogens is 1. The standard InChI is InChI=1S/C17H21IN4O2/c18-14-7-15(21-11-4-5-12(21)10-23-9-11)20-17-13(14)8-19-22(17)16-3-1-2-6-24-16/h7-8,11-12,16H,1-6,9-10H2. The van der Waals surface area contributed by atoms with Crippen molar-refractivity contribution in [1.82, 2.24) is 14.8 Å². The van der Waals surface area contributed by atoms with Crippen LogP contribution in [0.25, 0.3) is 11.0 Å². The molecule has 3 atom stereocenters. The first-order valence-electron chi connectivity index (χ1n) is 8.83. The Balaban J connectivity index is 1.58. The Labute approximate surface area is 154 Å². The third kappa shape index (κ3) is 2.43. The molecule has 2 aromatic heterocycles. The van der Waals surface area contributed by atoms with E-state index in [1.54, 1.807) is 0 Å². The molecule has 3 fully saturated rings. The van der Waals surface area contributed by atoms with Gasteiger partial charge in [-0.25, -0.2) is 9.67 Å². The molecule has 24 heavy (non-hydrogen) atoms. The minimum absolute atomic E-state index is 0.0243. The van der Waals surface area contributed by atoms with Crippen molar-refractivity contribution in [3.05, 3.63) is 15.8 Å². The molecular weight excluding hydrogens is 419 g/mol. The van der Waals surface area contributed by atoms with Gasteiger partial charge in [0.2, 0.25) is 0 Å². The van der Waals surface area contributed by atoms with Gasteiger partial charge < -0.3 is 14.4 Å². The van der Waals surface area contributed by atoms with Gasteiger partial charge in [0.1, 0.15) is 5.82 Å². The van der Waals surface area contributed by atoms with Crippen LogP contribution in [0, 0.1) is 3.57 Å². The van der Waals surface area contributed by atoms with Gasteiger partial charge in [0, 0.05) is 10.2 Å². The van der Waals surface area contributed by atoms with Gasteiger partial charge >= 0.3 is 0 Å². The first kappa shape index (κ1) is 15.3. The summed E-state index contributed by atoms with van der Waals surface area (Å²) in [5.41, 5.74) is 0.953. The predicted octanol–water partition coefficient (Wildman–Crippen LogP) is 3.10. The highest BCUT2D eigenvalue weighted by Gasteiger charge is 2.38. The Bertz CT molecular complexity index is 742. The van der Waals surface area contributed by atoms with Crippen LogP contribution in [0.4, 0.5) is 5.82 Å². The van der Waals surface area contributed by atoms with Gasteiger partial charge in [0.15, 0.2) is 11.9 Å². The molecule has 5 rings (SSSR count). The van der Waals surface area contributed by atoms with E-state index in [4.69, 9.17) is 14.5 Å². The van der Waals surface area contributed by atoms with E-state index in [9.17, 15) is 0 Å². The largest absolute Gasteiger partial charge is 0.377 e. The van der Waals surface area contributed by atoms with Gasteiger partial charge in [-0.2, -0.15) is 5.10 Å².